The molecule has 0 radical (unpaired) electrons. The zero-order chi connectivity index (χ0) is 20.4. The third kappa shape index (κ3) is 4.52. The smallest absolute Gasteiger partial charge is 0.255 e. The van der Waals surface area contributed by atoms with Gasteiger partial charge < -0.3 is 5.32 Å². The molecule has 1 aromatic heterocycles. The van der Waals surface area contributed by atoms with E-state index >= 15 is 0 Å². The molecule has 0 saturated heterocycles. The van der Waals surface area contributed by atoms with Gasteiger partial charge in [0.25, 0.3) is 5.91 Å². The highest BCUT2D eigenvalue weighted by Gasteiger charge is 2.29. The summed E-state index contributed by atoms with van der Waals surface area (Å²) in [6, 6.07) is 18.1. The normalized spacial score (nSPS) is 14.8. The molecule has 1 heterocycles. The van der Waals surface area contributed by atoms with Crippen LogP contribution in [0.5, 0.6) is 0 Å². The Morgan fingerprint density at radius 2 is 1.90 bits per heavy atom. The fraction of sp³-hybridized carbons (Fsp3) is 0.304. The molecular weight excluding hydrogens is 384 g/mol. The van der Waals surface area contributed by atoms with Crippen LogP contribution in [0.4, 0.5) is 0 Å². The molecule has 1 saturated carbocycles. The maximum absolute atomic E-state index is 13.1. The molecule has 0 aliphatic heterocycles. The Labute approximate surface area is 176 Å². The van der Waals surface area contributed by atoms with E-state index in [4.69, 9.17) is 16.7 Å². The highest BCUT2D eigenvalue weighted by atomic mass is 35.5. The maximum Gasteiger partial charge on any atom is 0.255 e. The number of amides is 1. The van der Waals surface area contributed by atoms with E-state index in [1.807, 2.05) is 54.6 Å². The van der Waals surface area contributed by atoms with E-state index in [-0.39, 0.29) is 11.9 Å². The summed E-state index contributed by atoms with van der Waals surface area (Å²) in [5.74, 6) is -0.117. The van der Waals surface area contributed by atoms with Crippen molar-refractivity contribution >= 4 is 17.5 Å². The summed E-state index contributed by atoms with van der Waals surface area (Å²) >= 11 is 6.04. The summed E-state index contributed by atoms with van der Waals surface area (Å²) in [5, 5.41) is 8.44. The summed E-state index contributed by atoms with van der Waals surface area (Å²) in [4.78, 5) is 15.4. The highest BCUT2D eigenvalue weighted by molar-refractivity contribution is 6.30. The lowest BCUT2D eigenvalue weighted by Crippen LogP contribution is -2.41. The van der Waals surface area contributed by atoms with Crippen molar-refractivity contribution in [2.45, 2.75) is 31.8 Å². The number of carbonyl (C=O) groups excluding carboxylic acids is 1. The molecule has 1 aliphatic rings. The predicted molar refractivity (Wildman–Crippen MR) is 117 cm³/mol. The van der Waals surface area contributed by atoms with Gasteiger partial charge in [-0.1, -0.05) is 41.9 Å². The number of carbonyl (C=O) groups is 1. The van der Waals surface area contributed by atoms with E-state index in [1.54, 1.807) is 10.9 Å². The molecule has 2 aromatic carbocycles. The first-order valence-electron chi connectivity index (χ1n) is 9.94. The van der Waals surface area contributed by atoms with Gasteiger partial charge in [0, 0.05) is 35.4 Å². The lowest BCUT2D eigenvalue weighted by atomic mass is 10.1. The van der Waals surface area contributed by atoms with Gasteiger partial charge in [-0.15, -0.1) is 0 Å². The van der Waals surface area contributed by atoms with Crippen molar-refractivity contribution in [3.05, 3.63) is 71.4 Å². The lowest BCUT2D eigenvalue weighted by molar-refractivity contribution is 0.0940. The average Bonchev–Trinajstić information content (AvgIpc) is 3.50. The van der Waals surface area contributed by atoms with Crippen LogP contribution in [0, 0.1) is 0 Å². The summed E-state index contributed by atoms with van der Waals surface area (Å²) in [6.45, 7) is 2.74. The molecule has 4 rings (SSSR count). The van der Waals surface area contributed by atoms with Crippen LogP contribution >= 0.6 is 11.6 Å². The molecule has 29 heavy (non-hydrogen) atoms. The van der Waals surface area contributed by atoms with Gasteiger partial charge in [0.15, 0.2) is 0 Å². The topological polar surface area (TPSA) is 50.2 Å². The van der Waals surface area contributed by atoms with E-state index in [0.29, 0.717) is 28.9 Å². The van der Waals surface area contributed by atoms with Crippen molar-refractivity contribution in [2.24, 2.45) is 0 Å². The zero-order valence-corrected chi connectivity index (χ0v) is 17.4. The molecule has 1 N–H and O–H groups in total. The average molecular weight is 409 g/mol. The van der Waals surface area contributed by atoms with Crippen LogP contribution in [0.2, 0.25) is 5.02 Å². The number of nitrogens with zero attached hydrogens (tertiary/aromatic N) is 3. The minimum atomic E-state index is -0.117. The number of nitrogens with one attached hydrogen (secondary N) is 1. The van der Waals surface area contributed by atoms with Crippen molar-refractivity contribution in [3.8, 4) is 16.9 Å². The monoisotopic (exact) mass is 408 g/mol. The standard InChI is InChI=1S/C23H25ClN4O/c1-16(27(2)19-12-13-19)14-25-23(29)21-15-28(20-6-4-3-5-7-20)26-22(21)17-8-10-18(24)11-9-17/h3-11,15-16,19H,12-14H2,1-2H3,(H,25,29). The van der Waals surface area contributed by atoms with Gasteiger partial charge in [0.05, 0.1) is 11.3 Å². The zero-order valence-electron chi connectivity index (χ0n) is 16.7. The van der Waals surface area contributed by atoms with Crippen molar-refractivity contribution in [2.75, 3.05) is 13.6 Å². The Morgan fingerprint density at radius 3 is 2.55 bits per heavy atom. The number of benzene rings is 2. The van der Waals surface area contributed by atoms with Crippen LogP contribution in [-0.4, -0.2) is 46.3 Å². The van der Waals surface area contributed by atoms with Crippen LogP contribution in [0.1, 0.15) is 30.1 Å². The maximum atomic E-state index is 13.1. The summed E-state index contributed by atoms with van der Waals surface area (Å²) in [6.07, 6.45) is 4.29. The van der Waals surface area contributed by atoms with Crippen LogP contribution < -0.4 is 5.32 Å². The molecule has 1 atom stereocenters. The Balaban J connectivity index is 1.60. The minimum absolute atomic E-state index is 0.117. The van der Waals surface area contributed by atoms with E-state index in [9.17, 15) is 4.79 Å². The number of hydrogen-bond acceptors (Lipinski definition) is 3. The fourth-order valence-corrected chi connectivity index (χ4v) is 3.52. The molecule has 1 aliphatic carbocycles. The van der Waals surface area contributed by atoms with E-state index < -0.39 is 0 Å². The Hall–Kier alpha value is -2.63. The SMILES string of the molecule is CC(CNC(=O)c1cn(-c2ccccc2)nc1-c1ccc(Cl)cc1)N(C)C1CC1. The van der Waals surface area contributed by atoms with E-state index in [2.05, 4.69) is 24.2 Å². The van der Waals surface area contributed by atoms with Gasteiger partial charge in [-0.05, 0) is 51.1 Å². The van der Waals surface area contributed by atoms with E-state index in [0.717, 1.165) is 11.3 Å². The van der Waals surface area contributed by atoms with Gasteiger partial charge in [-0.25, -0.2) is 4.68 Å². The molecule has 0 bridgehead atoms. The molecule has 1 amide bonds. The molecular formula is C23H25ClN4O. The highest BCUT2D eigenvalue weighted by Crippen LogP contribution is 2.27. The van der Waals surface area contributed by atoms with Crippen LogP contribution in [0.15, 0.2) is 60.8 Å². The largest absolute Gasteiger partial charge is 0.350 e. The molecule has 3 aromatic rings. The first kappa shape index (κ1) is 19.7. The molecule has 1 fully saturated rings. The number of para-hydroxylation sites is 1. The van der Waals surface area contributed by atoms with E-state index in [1.165, 1.54) is 12.8 Å². The van der Waals surface area contributed by atoms with Crippen molar-refractivity contribution in [3.63, 3.8) is 0 Å². The summed E-state index contributed by atoms with van der Waals surface area (Å²) < 4.78 is 1.75. The van der Waals surface area contributed by atoms with Gasteiger partial charge in [0.2, 0.25) is 0 Å². The Kier molecular flexibility index (Phi) is 5.69. The number of aromatic nitrogens is 2. The molecule has 6 heteroatoms. The first-order valence-corrected chi connectivity index (χ1v) is 10.3. The Morgan fingerprint density at radius 1 is 1.21 bits per heavy atom. The summed E-state index contributed by atoms with van der Waals surface area (Å²) in [5.41, 5.74) is 2.96. The number of likely N-dealkylation sites (N-methyl/N-ethyl adjacent to an activating group) is 1. The quantitative estimate of drug-likeness (QED) is 0.630. The second kappa shape index (κ2) is 8.39. The van der Waals surface area contributed by atoms with Gasteiger partial charge in [-0.3, -0.25) is 9.69 Å². The summed E-state index contributed by atoms with van der Waals surface area (Å²) in [7, 11) is 2.13. The predicted octanol–water partition coefficient (Wildman–Crippen LogP) is 4.41. The fourth-order valence-electron chi connectivity index (χ4n) is 3.40. The second-order valence-electron chi connectivity index (χ2n) is 7.63. The van der Waals surface area contributed by atoms with Gasteiger partial charge >= 0.3 is 0 Å². The van der Waals surface area contributed by atoms with Gasteiger partial charge in [-0.2, -0.15) is 5.10 Å². The third-order valence-electron chi connectivity index (χ3n) is 5.47. The second-order valence-corrected chi connectivity index (χ2v) is 8.07. The first-order chi connectivity index (χ1) is 14.0. The third-order valence-corrected chi connectivity index (χ3v) is 5.73. The van der Waals surface area contributed by atoms with Crippen molar-refractivity contribution < 1.29 is 4.79 Å². The van der Waals surface area contributed by atoms with Crippen molar-refractivity contribution in [1.29, 1.82) is 0 Å². The Bertz CT molecular complexity index is 980. The van der Waals surface area contributed by atoms with Crippen LogP contribution in [-0.2, 0) is 0 Å². The number of hydrogen-bond donors (Lipinski definition) is 1. The number of halogens is 1. The molecule has 0 spiro atoms. The molecule has 1 unspecified atom stereocenters. The minimum Gasteiger partial charge on any atom is -0.350 e. The van der Waals surface area contributed by atoms with Crippen LogP contribution in [0.3, 0.4) is 0 Å². The van der Waals surface area contributed by atoms with Gasteiger partial charge in [0.1, 0.15) is 5.69 Å². The lowest BCUT2D eigenvalue weighted by Gasteiger charge is -2.24. The van der Waals surface area contributed by atoms with Crippen molar-refractivity contribution in [1.82, 2.24) is 20.0 Å². The molecule has 150 valence electrons. The van der Waals surface area contributed by atoms with Crippen LogP contribution in [0.25, 0.3) is 16.9 Å². The molecule has 5 nitrogen and oxygen atoms in total. The number of rotatable bonds is 7.